The topological polar surface area (TPSA) is 86.8 Å². The molecule has 2 aromatic carbocycles. The first-order valence-electron chi connectivity index (χ1n) is 11.1. The average Bonchev–Trinajstić information content (AvgIpc) is 2.76. The van der Waals surface area contributed by atoms with Crippen LogP contribution in [-0.2, 0) is 26.2 Å². The van der Waals surface area contributed by atoms with Crippen molar-refractivity contribution in [2.75, 3.05) is 17.1 Å². The quantitative estimate of drug-likeness (QED) is 0.573. The number of rotatable bonds is 10. The Morgan fingerprint density at radius 3 is 2.18 bits per heavy atom. The fourth-order valence-electron chi connectivity index (χ4n) is 3.32. The van der Waals surface area contributed by atoms with Crippen LogP contribution in [0.1, 0.15) is 43.9 Å². The number of hydrogen-bond acceptors (Lipinski definition) is 4. The molecule has 0 saturated carbocycles. The van der Waals surface area contributed by atoms with Gasteiger partial charge in [0, 0.05) is 12.6 Å². The lowest BCUT2D eigenvalue weighted by Crippen LogP contribution is -2.52. The van der Waals surface area contributed by atoms with Crippen molar-refractivity contribution in [2.45, 2.75) is 59.7 Å². The van der Waals surface area contributed by atoms with E-state index >= 15 is 0 Å². The maximum atomic E-state index is 13.5. The molecule has 0 unspecified atom stereocenters. The van der Waals surface area contributed by atoms with E-state index in [1.165, 1.54) is 4.90 Å². The number of aryl methyl sites for hydroxylation is 2. The second-order valence-corrected chi connectivity index (χ2v) is 10.4. The van der Waals surface area contributed by atoms with E-state index in [4.69, 9.17) is 0 Å². The van der Waals surface area contributed by atoms with E-state index in [1.54, 1.807) is 19.1 Å². The van der Waals surface area contributed by atoms with Gasteiger partial charge in [0.15, 0.2) is 0 Å². The average molecular weight is 474 g/mol. The first-order valence-corrected chi connectivity index (χ1v) is 13.0. The highest BCUT2D eigenvalue weighted by molar-refractivity contribution is 7.92. The minimum absolute atomic E-state index is 0.0309. The third kappa shape index (κ3) is 7.32. The van der Waals surface area contributed by atoms with E-state index in [2.05, 4.69) is 5.32 Å². The van der Waals surface area contributed by atoms with Crippen LogP contribution in [0, 0.1) is 13.8 Å². The number of carbonyl (C=O) groups excluding carboxylic acids is 2. The Morgan fingerprint density at radius 1 is 1.00 bits per heavy atom. The standard InChI is InChI=1S/C25H35N3O4S/c1-7-20(4)26-25(30)21(5)27(16-22-11-9-8-10-12-22)24(29)17-28(33(6,31)32)23-14-13-18(2)19(3)15-23/h8-15,20-21H,7,16-17H2,1-6H3,(H,26,30)/t20-,21+/m0/s1. The molecule has 0 aliphatic rings. The first-order chi connectivity index (χ1) is 15.4. The summed E-state index contributed by atoms with van der Waals surface area (Å²) in [5, 5.41) is 2.91. The van der Waals surface area contributed by atoms with E-state index in [0.29, 0.717) is 5.69 Å². The van der Waals surface area contributed by atoms with E-state index < -0.39 is 28.5 Å². The molecule has 2 atom stereocenters. The van der Waals surface area contributed by atoms with Crippen LogP contribution in [0.15, 0.2) is 48.5 Å². The Kier molecular flexibility index (Phi) is 9.05. The monoisotopic (exact) mass is 473 g/mol. The van der Waals surface area contributed by atoms with Crippen molar-refractivity contribution in [3.63, 3.8) is 0 Å². The minimum atomic E-state index is -3.73. The molecule has 0 aliphatic heterocycles. The molecule has 2 aromatic rings. The van der Waals surface area contributed by atoms with Gasteiger partial charge < -0.3 is 10.2 Å². The Labute approximate surface area is 197 Å². The van der Waals surface area contributed by atoms with E-state index in [-0.39, 0.29) is 18.5 Å². The SMILES string of the molecule is CC[C@H](C)NC(=O)[C@@H](C)N(Cc1ccccc1)C(=O)CN(c1ccc(C)c(C)c1)S(C)(=O)=O. The van der Waals surface area contributed by atoms with Crippen LogP contribution >= 0.6 is 0 Å². The molecule has 0 aromatic heterocycles. The summed E-state index contributed by atoms with van der Waals surface area (Å²) in [6.07, 6.45) is 1.84. The number of anilines is 1. The third-order valence-electron chi connectivity index (χ3n) is 5.82. The predicted molar refractivity (Wildman–Crippen MR) is 132 cm³/mol. The van der Waals surface area contributed by atoms with Crippen molar-refractivity contribution < 1.29 is 18.0 Å². The van der Waals surface area contributed by atoms with E-state index in [1.807, 2.05) is 64.1 Å². The predicted octanol–water partition coefficient (Wildman–Crippen LogP) is 3.40. The molecule has 1 N–H and O–H groups in total. The van der Waals surface area contributed by atoms with Gasteiger partial charge in [0.1, 0.15) is 12.6 Å². The Balaban J connectivity index is 2.38. The van der Waals surface area contributed by atoms with Crippen molar-refractivity contribution in [1.82, 2.24) is 10.2 Å². The number of sulfonamides is 1. The molecule has 0 aliphatic carbocycles. The molecule has 2 rings (SSSR count). The zero-order valence-electron chi connectivity index (χ0n) is 20.3. The van der Waals surface area contributed by atoms with Gasteiger partial charge in [-0.1, -0.05) is 43.3 Å². The van der Waals surface area contributed by atoms with Gasteiger partial charge in [0.2, 0.25) is 21.8 Å². The molecule has 2 amide bonds. The molecular formula is C25H35N3O4S. The summed E-state index contributed by atoms with van der Waals surface area (Å²) >= 11 is 0. The maximum absolute atomic E-state index is 13.5. The number of amides is 2. The summed E-state index contributed by atoms with van der Waals surface area (Å²) < 4.78 is 26.3. The lowest BCUT2D eigenvalue weighted by molar-refractivity contribution is -0.139. The summed E-state index contributed by atoms with van der Waals surface area (Å²) in [5.74, 6) is -0.722. The van der Waals surface area contributed by atoms with Crippen molar-refractivity contribution in [2.24, 2.45) is 0 Å². The van der Waals surface area contributed by atoms with Gasteiger partial charge in [-0.25, -0.2) is 8.42 Å². The van der Waals surface area contributed by atoms with Gasteiger partial charge in [-0.2, -0.15) is 0 Å². The molecule has 8 heteroatoms. The summed E-state index contributed by atoms with van der Waals surface area (Å²) in [5.41, 5.74) is 3.23. The van der Waals surface area contributed by atoms with Crippen LogP contribution in [0.5, 0.6) is 0 Å². The number of hydrogen-bond donors (Lipinski definition) is 1. The molecule has 180 valence electrons. The van der Waals surface area contributed by atoms with Gasteiger partial charge >= 0.3 is 0 Å². The van der Waals surface area contributed by atoms with Crippen molar-refractivity contribution in [1.29, 1.82) is 0 Å². The normalized spacial score (nSPS) is 13.2. The Morgan fingerprint density at radius 2 is 1.64 bits per heavy atom. The summed E-state index contributed by atoms with van der Waals surface area (Å²) in [6.45, 7) is 9.17. The van der Waals surface area contributed by atoms with Gasteiger partial charge in [0.25, 0.3) is 0 Å². The van der Waals surface area contributed by atoms with E-state index in [0.717, 1.165) is 33.7 Å². The lowest BCUT2D eigenvalue weighted by Gasteiger charge is -2.32. The molecule has 0 saturated heterocycles. The van der Waals surface area contributed by atoms with Gasteiger partial charge in [0.05, 0.1) is 11.9 Å². The smallest absolute Gasteiger partial charge is 0.244 e. The molecule has 0 spiro atoms. The van der Waals surface area contributed by atoms with Crippen LogP contribution in [0.2, 0.25) is 0 Å². The fraction of sp³-hybridized carbons (Fsp3) is 0.440. The highest BCUT2D eigenvalue weighted by Gasteiger charge is 2.30. The van der Waals surface area contributed by atoms with Crippen LogP contribution in [0.4, 0.5) is 5.69 Å². The molecular weight excluding hydrogens is 438 g/mol. The summed E-state index contributed by atoms with van der Waals surface area (Å²) in [7, 11) is -3.73. The molecule has 7 nitrogen and oxygen atoms in total. The van der Waals surface area contributed by atoms with Crippen LogP contribution in [0.3, 0.4) is 0 Å². The molecule has 33 heavy (non-hydrogen) atoms. The molecule has 0 heterocycles. The Bertz CT molecular complexity index is 1070. The van der Waals surface area contributed by atoms with Gasteiger partial charge in [-0.15, -0.1) is 0 Å². The first kappa shape index (κ1) is 26.4. The van der Waals surface area contributed by atoms with Crippen molar-refractivity contribution in [3.05, 3.63) is 65.2 Å². The second kappa shape index (κ2) is 11.3. The van der Waals surface area contributed by atoms with Crippen LogP contribution < -0.4 is 9.62 Å². The maximum Gasteiger partial charge on any atom is 0.244 e. The number of benzene rings is 2. The highest BCUT2D eigenvalue weighted by Crippen LogP contribution is 2.22. The highest BCUT2D eigenvalue weighted by atomic mass is 32.2. The van der Waals surface area contributed by atoms with Crippen molar-refractivity contribution in [3.8, 4) is 0 Å². The van der Waals surface area contributed by atoms with Gasteiger partial charge in [-0.3, -0.25) is 13.9 Å². The summed E-state index contributed by atoms with van der Waals surface area (Å²) in [4.78, 5) is 27.8. The second-order valence-electron chi connectivity index (χ2n) is 8.54. The number of nitrogens with one attached hydrogen (secondary N) is 1. The summed E-state index contributed by atoms with van der Waals surface area (Å²) in [6, 6.07) is 13.8. The van der Waals surface area contributed by atoms with E-state index in [9.17, 15) is 18.0 Å². The lowest BCUT2D eigenvalue weighted by atomic mass is 10.1. The minimum Gasteiger partial charge on any atom is -0.352 e. The number of nitrogens with zero attached hydrogens (tertiary/aromatic N) is 2. The fourth-order valence-corrected chi connectivity index (χ4v) is 4.16. The zero-order chi connectivity index (χ0) is 24.8. The molecule has 0 radical (unpaired) electrons. The molecule has 0 bridgehead atoms. The number of carbonyl (C=O) groups is 2. The van der Waals surface area contributed by atoms with Gasteiger partial charge in [-0.05, 0) is 62.9 Å². The third-order valence-corrected chi connectivity index (χ3v) is 6.96. The Hall–Kier alpha value is -2.87. The largest absolute Gasteiger partial charge is 0.352 e. The van der Waals surface area contributed by atoms with Crippen molar-refractivity contribution >= 4 is 27.5 Å². The van der Waals surface area contributed by atoms with Crippen LogP contribution in [0.25, 0.3) is 0 Å². The molecule has 0 fully saturated rings. The van der Waals surface area contributed by atoms with Crippen LogP contribution in [-0.4, -0.2) is 50.0 Å². The zero-order valence-corrected chi connectivity index (χ0v) is 21.1.